The van der Waals surface area contributed by atoms with Crippen molar-refractivity contribution < 1.29 is 18.0 Å². The van der Waals surface area contributed by atoms with Gasteiger partial charge < -0.3 is 15.2 Å². The molecule has 4 rings (SSSR count). The first kappa shape index (κ1) is 22.0. The van der Waals surface area contributed by atoms with Crippen molar-refractivity contribution in [3.8, 4) is 0 Å². The SMILES string of the molecule is CC(NC(=O)c1ccc(S(=O)(=O)N(C)C)cc1)C(=O)N1CCc2[nH]c3ccccc3c2C1. The topological polar surface area (TPSA) is 103 Å². The van der Waals surface area contributed by atoms with E-state index >= 15 is 0 Å². The summed E-state index contributed by atoms with van der Waals surface area (Å²) < 4.78 is 25.5. The predicted molar refractivity (Wildman–Crippen MR) is 122 cm³/mol. The highest BCUT2D eigenvalue weighted by Gasteiger charge is 2.28. The minimum atomic E-state index is -3.57. The highest BCUT2D eigenvalue weighted by Crippen LogP contribution is 2.27. The fourth-order valence-corrected chi connectivity index (χ4v) is 4.86. The molecule has 1 atom stereocenters. The smallest absolute Gasteiger partial charge is 0.251 e. The summed E-state index contributed by atoms with van der Waals surface area (Å²) in [7, 11) is -0.672. The Kier molecular flexibility index (Phi) is 5.79. The summed E-state index contributed by atoms with van der Waals surface area (Å²) >= 11 is 0. The predicted octanol–water partition coefficient (Wildman–Crippen LogP) is 2.12. The van der Waals surface area contributed by atoms with Crippen molar-refractivity contribution in [3.63, 3.8) is 0 Å². The molecule has 1 unspecified atom stereocenters. The second-order valence-corrected chi connectivity index (χ2v) is 10.3. The van der Waals surface area contributed by atoms with E-state index in [0.717, 1.165) is 32.9 Å². The Morgan fingerprint density at radius 1 is 1.09 bits per heavy atom. The van der Waals surface area contributed by atoms with Gasteiger partial charge in [-0.15, -0.1) is 0 Å². The number of aromatic nitrogens is 1. The number of nitrogens with zero attached hydrogens (tertiary/aromatic N) is 2. The van der Waals surface area contributed by atoms with Crippen LogP contribution in [-0.4, -0.2) is 61.1 Å². The highest BCUT2D eigenvalue weighted by molar-refractivity contribution is 7.89. The maximum Gasteiger partial charge on any atom is 0.251 e. The molecule has 0 saturated carbocycles. The summed E-state index contributed by atoms with van der Waals surface area (Å²) in [5.74, 6) is -0.578. The number of hydrogen-bond acceptors (Lipinski definition) is 4. The number of nitrogens with one attached hydrogen (secondary N) is 2. The average molecular weight is 455 g/mol. The van der Waals surface area contributed by atoms with Crippen molar-refractivity contribution in [2.75, 3.05) is 20.6 Å². The second kappa shape index (κ2) is 8.40. The van der Waals surface area contributed by atoms with Crippen LogP contribution in [0, 0.1) is 0 Å². The first-order valence-electron chi connectivity index (χ1n) is 10.4. The Hall–Kier alpha value is -3.17. The van der Waals surface area contributed by atoms with Gasteiger partial charge in [-0.2, -0.15) is 0 Å². The molecule has 1 aliphatic heterocycles. The molecule has 168 valence electrons. The van der Waals surface area contributed by atoms with Crippen LogP contribution in [0.4, 0.5) is 0 Å². The van der Waals surface area contributed by atoms with Gasteiger partial charge >= 0.3 is 0 Å². The highest BCUT2D eigenvalue weighted by atomic mass is 32.2. The standard InChI is InChI=1S/C23H26N4O4S/c1-15(24-22(28)16-8-10-17(11-9-16)32(30,31)26(2)3)23(29)27-13-12-21-19(14-27)18-6-4-5-7-20(18)25-21/h4-11,15,25H,12-14H2,1-3H3,(H,24,28). The number of fused-ring (bicyclic) bond motifs is 3. The Labute approximate surface area is 187 Å². The van der Waals surface area contributed by atoms with E-state index in [9.17, 15) is 18.0 Å². The van der Waals surface area contributed by atoms with E-state index in [2.05, 4.69) is 10.3 Å². The normalized spacial score (nSPS) is 14.9. The third-order valence-electron chi connectivity index (χ3n) is 5.81. The molecule has 0 aliphatic carbocycles. The Morgan fingerprint density at radius 3 is 2.47 bits per heavy atom. The third-order valence-corrected chi connectivity index (χ3v) is 7.64. The fourth-order valence-electron chi connectivity index (χ4n) is 3.96. The molecule has 2 amide bonds. The summed E-state index contributed by atoms with van der Waals surface area (Å²) in [6.07, 6.45) is 0.734. The molecule has 8 nitrogen and oxygen atoms in total. The van der Waals surface area contributed by atoms with E-state index in [-0.39, 0.29) is 10.8 Å². The number of amides is 2. The van der Waals surface area contributed by atoms with Crippen LogP contribution in [0.1, 0.15) is 28.5 Å². The summed E-state index contributed by atoms with van der Waals surface area (Å²) in [4.78, 5) is 30.9. The van der Waals surface area contributed by atoms with E-state index in [0.29, 0.717) is 18.7 Å². The minimum absolute atomic E-state index is 0.103. The van der Waals surface area contributed by atoms with Crippen LogP contribution in [0.3, 0.4) is 0 Å². The van der Waals surface area contributed by atoms with Crippen molar-refractivity contribution in [1.29, 1.82) is 0 Å². The van der Waals surface area contributed by atoms with Crippen LogP contribution in [0.25, 0.3) is 10.9 Å². The van der Waals surface area contributed by atoms with Crippen LogP contribution in [-0.2, 0) is 27.8 Å². The second-order valence-electron chi connectivity index (χ2n) is 8.14. The molecule has 0 saturated heterocycles. The lowest BCUT2D eigenvalue weighted by Crippen LogP contribution is -2.48. The van der Waals surface area contributed by atoms with Crippen LogP contribution >= 0.6 is 0 Å². The molecule has 32 heavy (non-hydrogen) atoms. The summed E-state index contributed by atoms with van der Waals surface area (Å²) in [5, 5.41) is 3.85. The molecule has 2 N–H and O–H groups in total. The Morgan fingerprint density at radius 2 is 1.78 bits per heavy atom. The van der Waals surface area contributed by atoms with Crippen molar-refractivity contribution in [3.05, 3.63) is 65.4 Å². The van der Waals surface area contributed by atoms with Gasteiger partial charge in [0.2, 0.25) is 15.9 Å². The zero-order chi connectivity index (χ0) is 23.0. The molecule has 0 fully saturated rings. The van der Waals surface area contributed by atoms with Crippen molar-refractivity contribution in [2.45, 2.75) is 30.8 Å². The molecule has 2 heterocycles. The van der Waals surface area contributed by atoms with Gasteiger partial charge in [0.05, 0.1) is 4.90 Å². The maximum atomic E-state index is 13.0. The molecule has 1 aliphatic rings. The zero-order valence-corrected chi connectivity index (χ0v) is 19.1. The first-order valence-corrected chi connectivity index (χ1v) is 11.8. The lowest BCUT2D eigenvalue weighted by atomic mass is 10.0. The van der Waals surface area contributed by atoms with Gasteiger partial charge in [0, 0.05) is 61.3 Å². The van der Waals surface area contributed by atoms with Gasteiger partial charge in [0.15, 0.2) is 0 Å². The number of H-pyrrole nitrogens is 1. The van der Waals surface area contributed by atoms with E-state index in [1.54, 1.807) is 11.8 Å². The maximum absolute atomic E-state index is 13.0. The van der Waals surface area contributed by atoms with E-state index in [1.165, 1.54) is 38.4 Å². The summed E-state index contributed by atoms with van der Waals surface area (Å²) in [6, 6.07) is 13.0. The van der Waals surface area contributed by atoms with E-state index in [1.807, 2.05) is 24.3 Å². The lowest BCUT2D eigenvalue weighted by molar-refractivity contribution is -0.133. The zero-order valence-electron chi connectivity index (χ0n) is 18.3. The van der Waals surface area contributed by atoms with Crippen LogP contribution < -0.4 is 5.32 Å². The molecular formula is C23H26N4O4S. The van der Waals surface area contributed by atoms with Crippen LogP contribution in [0.2, 0.25) is 0 Å². The number of sulfonamides is 1. The number of carbonyl (C=O) groups is 2. The summed E-state index contributed by atoms with van der Waals surface area (Å²) in [6.45, 7) is 2.74. The van der Waals surface area contributed by atoms with Gasteiger partial charge in [0.25, 0.3) is 5.91 Å². The van der Waals surface area contributed by atoms with Gasteiger partial charge in [0.1, 0.15) is 6.04 Å². The van der Waals surface area contributed by atoms with Gasteiger partial charge in [-0.1, -0.05) is 18.2 Å². The molecule has 3 aromatic rings. The van der Waals surface area contributed by atoms with Crippen molar-refractivity contribution in [2.24, 2.45) is 0 Å². The van der Waals surface area contributed by atoms with Gasteiger partial charge in [-0.25, -0.2) is 12.7 Å². The van der Waals surface area contributed by atoms with Crippen molar-refractivity contribution >= 4 is 32.7 Å². The fraction of sp³-hybridized carbons (Fsp3) is 0.304. The van der Waals surface area contributed by atoms with Crippen LogP contribution in [0.5, 0.6) is 0 Å². The molecule has 0 bridgehead atoms. The van der Waals surface area contributed by atoms with Gasteiger partial charge in [-0.05, 0) is 37.3 Å². The lowest BCUT2D eigenvalue weighted by Gasteiger charge is -2.30. The molecule has 9 heteroatoms. The molecule has 0 spiro atoms. The number of benzene rings is 2. The van der Waals surface area contributed by atoms with E-state index < -0.39 is 22.0 Å². The quantitative estimate of drug-likeness (QED) is 0.616. The largest absolute Gasteiger partial charge is 0.358 e. The van der Waals surface area contributed by atoms with Gasteiger partial charge in [-0.3, -0.25) is 9.59 Å². The van der Waals surface area contributed by atoms with Crippen molar-refractivity contribution in [1.82, 2.24) is 19.5 Å². The Balaban J connectivity index is 1.43. The third kappa shape index (κ3) is 4.01. The number of para-hydroxylation sites is 1. The number of rotatable bonds is 5. The molecule has 1 aromatic heterocycles. The van der Waals surface area contributed by atoms with Crippen LogP contribution in [0.15, 0.2) is 53.4 Å². The number of carbonyl (C=O) groups excluding carboxylic acids is 2. The Bertz CT molecular complexity index is 1280. The monoisotopic (exact) mass is 454 g/mol. The summed E-state index contributed by atoms with van der Waals surface area (Å²) in [5.41, 5.74) is 3.63. The molecule has 0 radical (unpaired) electrons. The van der Waals surface area contributed by atoms with E-state index in [4.69, 9.17) is 0 Å². The number of aromatic amines is 1. The average Bonchev–Trinajstić information content (AvgIpc) is 3.16. The first-order chi connectivity index (χ1) is 15.2. The number of hydrogen-bond donors (Lipinski definition) is 2. The minimum Gasteiger partial charge on any atom is -0.358 e. The molecular weight excluding hydrogens is 428 g/mol. The molecule has 2 aromatic carbocycles.